The van der Waals surface area contributed by atoms with Crippen LogP contribution in [0.4, 0.5) is 0 Å². The molecule has 2 aromatic rings. The van der Waals surface area contributed by atoms with Gasteiger partial charge in [0.1, 0.15) is 10.1 Å². The van der Waals surface area contributed by atoms with Crippen LogP contribution in [-0.2, 0) is 9.59 Å². The fourth-order valence-corrected chi connectivity index (χ4v) is 6.06. The molecule has 0 aliphatic carbocycles. The number of carbonyl (C=O) groups excluding carboxylic acids is 2. The van der Waals surface area contributed by atoms with Crippen LogP contribution in [0.25, 0.3) is 0 Å². The molecule has 6 nitrogen and oxygen atoms in total. The lowest BCUT2D eigenvalue weighted by Crippen LogP contribution is -2.26. The summed E-state index contributed by atoms with van der Waals surface area (Å²) < 4.78 is 0. The fraction of sp³-hybridized carbons (Fsp3) is 0.429. The molecular formula is C21H28N4O2S4. The molecule has 0 bridgehead atoms. The molecule has 0 spiro atoms. The molecule has 0 saturated carbocycles. The molecule has 2 heterocycles. The Bertz CT molecular complexity index is 690. The molecular weight excluding hydrogens is 469 g/mol. The summed E-state index contributed by atoms with van der Waals surface area (Å²) >= 11 is 0. The molecule has 0 aliphatic rings. The molecule has 2 N–H and O–H groups in total. The van der Waals surface area contributed by atoms with Crippen molar-refractivity contribution >= 4 is 55.0 Å². The Kier molecular flexibility index (Phi) is 14.4. The zero-order chi connectivity index (χ0) is 22.0. The van der Waals surface area contributed by atoms with E-state index in [0.717, 1.165) is 40.8 Å². The lowest BCUT2D eigenvalue weighted by Gasteiger charge is -2.06. The average molecular weight is 497 g/mol. The average Bonchev–Trinajstić information content (AvgIpc) is 2.80. The van der Waals surface area contributed by atoms with E-state index in [1.165, 1.54) is 0 Å². The third-order valence-corrected chi connectivity index (χ3v) is 8.42. The number of nitrogens with zero attached hydrogens (tertiary/aromatic N) is 2. The van der Waals surface area contributed by atoms with Gasteiger partial charge in [0.25, 0.3) is 0 Å². The Morgan fingerprint density at radius 2 is 1.19 bits per heavy atom. The molecule has 2 aromatic heterocycles. The zero-order valence-electron chi connectivity index (χ0n) is 17.3. The van der Waals surface area contributed by atoms with E-state index in [0.29, 0.717) is 25.9 Å². The standard InChI is InChI=1S/C21H28N4O2S4/c26-18(10-16-28-30-20-8-2-6-14-24-20)22-12-4-1-5-13-23-19(27)11-17-29-31-21-9-3-7-15-25-21/h2-3,6-9,14-15H,1,4-5,10-13,16-17H2,(H,22,26)(H,23,27). The largest absolute Gasteiger partial charge is 0.356 e. The summed E-state index contributed by atoms with van der Waals surface area (Å²) in [7, 11) is 6.47. The topological polar surface area (TPSA) is 84.0 Å². The van der Waals surface area contributed by atoms with Crippen molar-refractivity contribution in [1.29, 1.82) is 0 Å². The quantitative estimate of drug-likeness (QED) is 0.252. The van der Waals surface area contributed by atoms with Gasteiger partial charge in [-0.3, -0.25) is 9.59 Å². The molecule has 0 aliphatic heterocycles. The molecule has 0 aromatic carbocycles. The second-order valence-electron chi connectivity index (χ2n) is 6.41. The predicted octanol–water partition coefficient (Wildman–Crippen LogP) is 4.84. The third-order valence-electron chi connectivity index (χ3n) is 3.89. The Morgan fingerprint density at radius 1 is 0.710 bits per heavy atom. The number of aromatic nitrogens is 2. The highest BCUT2D eigenvalue weighted by Crippen LogP contribution is 2.29. The molecule has 31 heavy (non-hydrogen) atoms. The van der Waals surface area contributed by atoms with Crippen LogP contribution in [0.3, 0.4) is 0 Å². The third kappa shape index (κ3) is 13.6. The van der Waals surface area contributed by atoms with Crippen LogP contribution in [0.5, 0.6) is 0 Å². The van der Waals surface area contributed by atoms with E-state index in [1.54, 1.807) is 55.6 Å². The van der Waals surface area contributed by atoms with Gasteiger partial charge in [-0.1, -0.05) is 33.7 Å². The van der Waals surface area contributed by atoms with Crippen molar-refractivity contribution in [2.75, 3.05) is 24.6 Å². The van der Waals surface area contributed by atoms with E-state index in [1.807, 2.05) is 36.4 Å². The molecule has 2 amide bonds. The van der Waals surface area contributed by atoms with Crippen molar-refractivity contribution in [2.45, 2.75) is 42.2 Å². The van der Waals surface area contributed by atoms with Gasteiger partial charge in [-0.2, -0.15) is 0 Å². The summed E-state index contributed by atoms with van der Waals surface area (Å²) in [5, 5.41) is 7.83. The summed E-state index contributed by atoms with van der Waals surface area (Å²) in [6.45, 7) is 1.37. The van der Waals surface area contributed by atoms with Crippen molar-refractivity contribution in [3.05, 3.63) is 48.8 Å². The minimum Gasteiger partial charge on any atom is -0.356 e. The van der Waals surface area contributed by atoms with Gasteiger partial charge in [0.15, 0.2) is 0 Å². The van der Waals surface area contributed by atoms with Gasteiger partial charge in [0.05, 0.1) is 0 Å². The monoisotopic (exact) mass is 496 g/mol. The van der Waals surface area contributed by atoms with E-state index in [2.05, 4.69) is 20.6 Å². The molecule has 0 radical (unpaired) electrons. The van der Waals surface area contributed by atoms with E-state index in [4.69, 9.17) is 0 Å². The van der Waals surface area contributed by atoms with E-state index in [-0.39, 0.29) is 11.8 Å². The number of nitrogens with one attached hydrogen (secondary N) is 2. The Labute approximate surface area is 200 Å². The van der Waals surface area contributed by atoms with E-state index < -0.39 is 0 Å². The highest BCUT2D eigenvalue weighted by Gasteiger charge is 2.04. The van der Waals surface area contributed by atoms with E-state index >= 15 is 0 Å². The second kappa shape index (κ2) is 17.2. The van der Waals surface area contributed by atoms with Crippen LogP contribution >= 0.6 is 43.2 Å². The lowest BCUT2D eigenvalue weighted by molar-refractivity contribution is -0.121. The maximum absolute atomic E-state index is 11.8. The van der Waals surface area contributed by atoms with Crippen molar-refractivity contribution < 1.29 is 9.59 Å². The summed E-state index contributed by atoms with van der Waals surface area (Å²) in [4.78, 5) is 32.1. The van der Waals surface area contributed by atoms with Gasteiger partial charge in [-0.25, -0.2) is 9.97 Å². The van der Waals surface area contributed by atoms with Crippen molar-refractivity contribution in [3.63, 3.8) is 0 Å². The lowest BCUT2D eigenvalue weighted by atomic mass is 10.2. The van der Waals surface area contributed by atoms with Crippen LogP contribution in [0.1, 0.15) is 32.1 Å². The van der Waals surface area contributed by atoms with E-state index in [9.17, 15) is 9.59 Å². The highest BCUT2D eigenvalue weighted by atomic mass is 33.1. The SMILES string of the molecule is O=C(CCSSc1ccccn1)NCCCCCNC(=O)CCSSc1ccccn1. The van der Waals surface area contributed by atoms with Crippen LogP contribution in [-0.4, -0.2) is 46.4 Å². The van der Waals surface area contributed by atoms with Crippen LogP contribution < -0.4 is 10.6 Å². The van der Waals surface area contributed by atoms with Gasteiger partial charge in [-0.15, -0.1) is 0 Å². The van der Waals surface area contributed by atoms with Crippen LogP contribution in [0.2, 0.25) is 0 Å². The number of carbonyl (C=O) groups is 2. The minimum atomic E-state index is 0.0866. The smallest absolute Gasteiger partial charge is 0.220 e. The number of rotatable bonds is 16. The van der Waals surface area contributed by atoms with Crippen LogP contribution in [0, 0.1) is 0 Å². The summed E-state index contributed by atoms with van der Waals surface area (Å²) in [6.07, 6.45) is 7.39. The molecule has 0 atom stereocenters. The van der Waals surface area contributed by atoms with Gasteiger partial charge in [0, 0.05) is 49.8 Å². The van der Waals surface area contributed by atoms with Crippen molar-refractivity contribution in [1.82, 2.24) is 20.6 Å². The van der Waals surface area contributed by atoms with Gasteiger partial charge in [-0.05, 0) is 65.1 Å². The Morgan fingerprint density at radius 3 is 1.61 bits per heavy atom. The summed E-state index contributed by atoms with van der Waals surface area (Å²) in [6, 6.07) is 11.6. The second-order valence-corrected chi connectivity index (χ2v) is 11.3. The van der Waals surface area contributed by atoms with Gasteiger partial charge in [0.2, 0.25) is 11.8 Å². The molecule has 2 rings (SSSR count). The van der Waals surface area contributed by atoms with Gasteiger partial charge >= 0.3 is 0 Å². The predicted molar refractivity (Wildman–Crippen MR) is 134 cm³/mol. The Balaban J connectivity index is 1.34. The maximum Gasteiger partial charge on any atom is 0.220 e. The first-order chi connectivity index (χ1) is 15.2. The number of hydrogen-bond acceptors (Lipinski definition) is 8. The number of amides is 2. The first-order valence-corrected chi connectivity index (χ1v) is 14.8. The summed E-state index contributed by atoms with van der Waals surface area (Å²) in [5.74, 6) is 1.70. The normalized spacial score (nSPS) is 10.6. The maximum atomic E-state index is 11.8. The minimum absolute atomic E-state index is 0.0866. The number of unbranched alkanes of at least 4 members (excludes halogenated alkanes) is 2. The molecule has 10 heteroatoms. The molecule has 0 fully saturated rings. The first kappa shape index (κ1) is 25.9. The molecule has 0 unspecified atom stereocenters. The zero-order valence-corrected chi connectivity index (χ0v) is 20.6. The molecule has 168 valence electrons. The number of pyridine rings is 2. The van der Waals surface area contributed by atoms with Gasteiger partial charge < -0.3 is 10.6 Å². The fourth-order valence-electron chi connectivity index (χ4n) is 2.32. The number of hydrogen-bond donors (Lipinski definition) is 2. The van der Waals surface area contributed by atoms with Crippen LogP contribution in [0.15, 0.2) is 58.8 Å². The summed E-state index contributed by atoms with van der Waals surface area (Å²) in [5.41, 5.74) is 0. The highest BCUT2D eigenvalue weighted by molar-refractivity contribution is 8.77. The van der Waals surface area contributed by atoms with Crippen molar-refractivity contribution in [2.24, 2.45) is 0 Å². The Hall–Kier alpha value is -1.36. The first-order valence-electron chi connectivity index (χ1n) is 10.2. The molecule has 0 saturated heterocycles. The van der Waals surface area contributed by atoms with Crippen molar-refractivity contribution in [3.8, 4) is 0 Å².